The number of aromatic nitrogens is 2. The second-order valence-electron chi connectivity index (χ2n) is 5.82. The number of amides is 2. The highest BCUT2D eigenvalue weighted by Crippen LogP contribution is 2.23. The van der Waals surface area contributed by atoms with Crippen LogP contribution in [-0.4, -0.2) is 57.8 Å². The van der Waals surface area contributed by atoms with Crippen molar-refractivity contribution < 1.29 is 9.59 Å². The highest BCUT2D eigenvalue weighted by Gasteiger charge is 2.26. The van der Waals surface area contributed by atoms with E-state index >= 15 is 0 Å². The third-order valence-electron chi connectivity index (χ3n) is 4.31. The number of nitrogens with one attached hydrogen (secondary N) is 1. The van der Waals surface area contributed by atoms with Crippen LogP contribution in [-0.2, 0) is 0 Å². The first-order valence-electron chi connectivity index (χ1n) is 7.89. The number of aromatic amines is 1. The van der Waals surface area contributed by atoms with E-state index in [-0.39, 0.29) is 11.8 Å². The van der Waals surface area contributed by atoms with Crippen molar-refractivity contribution >= 4 is 45.8 Å². The first-order chi connectivity index (χ1) is 12.1. The second kappa shape index (κ2) is 6.50. The Morgan fingerprint density at radius 2 is 1.76 bits per heavy atom. The van der Waals surface area contributed by atoms with Gasteiger partial charge in [-0.25, -0.2) is 4.98 Å². The number of hydrogen-bond donors (Lipinski definition) is 1. The fourth-order valence-corrected chi connectivity index (χ4v) is 3.96. The summed E-state index contributed by atoms with van der Waals surface area (Å²) in [6.45, 7) is 2.08. The van der Waals surface area contributed by atoms with E-state index < -0.39 is 0 Å². The highest BCUT2D eigenvalue weighted by atomic mass is 35.5. The zero-order valence-electron chi connectivity index (χ0n) is 13.2. The number of rotatable bonds is 2. The lowest BCUT2D eigenvalue weighted by Gasteiger charge is -2.34. The molecule has 1 N–H and O–H groups in total. The van der Waals surface area contributed by atoms with E-state index in [0.29, 0.717) is 41.0 Å². The maximum Gasteiger partial charge on any atom is 0.264 e. The van der Waals surface area contributed by atoms with Gasteiger partial charge in [-0.3, -0.25) is 9.59 Å². The lowest BCUT2D eigenvalue weighted by molar-refractivity contribution is 0.0538. The standard InChI is InChI=1S/C17H15ClN4O2S/c18-15-4-3-14(25-15)17(24)22-7-5-21(6-8-22)16(23)11-1-2-12-13(9-11)20-10-19-12/h1-4,9-10H,5-8H2,(H,19,20). The number of carbonyl (C=O) groups excluding carboxylic acids is 2. The van der Waals surface area contributed by atoms with Crippen molar-refractivity contribution in [2.75, 3.05) is 26.2 Å². The highest BCUT2D eigenvalue weighted by molar-refractivity contribution is 7.17. The minimum Gasteiger partial charge on any atom is -0.345 e. The molecule has 1 fully saturated rings. The Morgan fingerprint density at radius 3 is 2.44 bits per heavy atom. The number of carbonyl (C=O) groups is 2. The molecule has 6 nitrogen and oxygen atoms in total. The zero-order chi connectivity index (χ0) is 17.4. The molecule has 3 heterocycles. The SMILES string of the molecule is O=C(c1ccc2nc[nH]c2c1)N1CCN(C(=O)c2ccc(Cl)s2)CC1. The van der Waals surface area contributed by atoms with Crippen molar-refractivity contribution in [3.8, 4) is 0 Å². The molecule has 0 atom stereocenters. The molecular weight excluding hydrogens is 360 g/mol. The molecule has 0 bridgehead atoms. The third kappa shape index (κ3) is 3.12. The van der Waals surface area contributed by atoms with Gasteiger partial charge in [0.2, 0.25) is 0 Å². The molecule has 0 spiro atoms. The lowest BCUT2D eigenvalue weighted by Crippen LogP contribution is -2.50. The van der Waals surface area contributed by atoms with Crippen LogP contribution < -0.4 is 0 Å². The van der Waals surface area contributed by atoms with Crippen molar-refractivity contribution in [1.82, 2.24) is 19.8 Å². The molecule has 8 heteroatoms. The molecule has 128 valence electrons. The summed E-state index contributed by atoms with van der Waals surface area (Å²) in [4.78, 5) is 36.5. The number of benzene rings is 1. The van der Waals surface area contributed by atoms with E-state index in [9.17, 15) is 9.59 Å². The van der Waals surface area contributed by atoms with Gasteiger partial charge in [-0.15, -0.1) is 11.3 Å². The van der Waals surface area contributed by atoms with Crippen molar-refractivity contribution in [2.24, 2.45) is 0 Å². The first kappa shape index (κ1) is 16.1. The van der Waals surface area contributed by atoms with Gasteiger partial charge in [-0.2, -0.15) is 0 Å². The average Bonchev–Trinajstić information content (AvgIpc) is 3.28. The van der Waals surface area contributed by atoms with Crippen LogP contribution in [0.3, 0.4) is 0 Å². The van der Waals surface area contributed by atoms with Gasteiger partial charge in [0, 0.05) is 31.7 Å². The van der Waals surface area contributed by atoms with Crippen molar-refractivity contribution in [3.63, 3.8) is 0 Å². The van der Waals surface area contributed by atoms with Crippen LogP contribution >= 0.6 is 22.9 Å². The maximum absolute atomic E-state index is 12.7. The van der Waals surface area contributed by atoms with E-state index in [1.807, 2.05) is 12.1 Å². The fourth-order valence-electron chi connectivity index (χ4n) is 2.95. The van der Waals surface area contributed by atoms with Crippen LogP contribution in [0.1, 0.15) is 20.0 Å². The second-order valence-corrected chi connectivity index (χ2v) is 7.54. The van der Waals surface area contributed by atoms with Gasteiger partial charge >= 0.3 is 0 Å². The summed E-state index contributed by atoms with van der Waals surface area (Å²) in [7, 11) is 0. The minimum atomic E-state index is -0.0252. The maximum atomic E-state index is 12.7. The Bertz CT molecular complexity index is 943. The Kier molecular flexibility index (Phi) is 4.19. The van der Waals surface area contributed by atoms with Gasteiger partial charge in [0.25, 0.3) is 11.8 Å². The van der Waals surface area contributed by atoms with Crippen LogP contribution in [0.25, 0.3) is 11.0 Å². The van der Waals surface area contributed by atoms with E-state index in [0.717, 1.165) is 11.0 Å². The average molecular weight is 375 g/mol. The Morgan fingerprint density at radius 1 is 1.04 bits per heavy atom. The van der Waals surface area contributed by atoms with Crippen molar-refractivity contribution in [1.29, 1.82) is 0 Å². The molecule has 3 aromatic rings. The van der Waals surface area contributed by atoms with Gasteiger partial charge in [-0.1, -0.05) is 11.6 Å². The predicted molar refractivity (Wildman–Crippen MR) is 97.2 cm³/mol. The van der Waals surface area contributed by atoms with Crippen LogP contribution in [0, 0.1) is 0 Å². The molecule has 0 aliphatic carbocycles. The molecule has 0 saturated carbocycles. The fraction of sp³-hybridized carbons (Fsp3) is 0.235. The summed E-state index contributed by atoms with van der Waals surface area (Å²) in [6, 6.07) is 8.91. The third-order valence-corrected chi connectivity index (χ3v) is 5.52. The number of hydrogen-bond acceptors (Lipinski definition) is 4. The number of halogens is 1. The number of imidazole rings is 1. The largest absolute Gasteiger partial charge is 0.345 e. The van der Waals surface area contributed by atoms with Gasteiger partial charge in [-0.05, 0) is 30.3 Å². The summed E-state index contributed by atoms with van der Waals surface area (Å²) < 4.78 is 0.603. The molecular formula is C17H15ClN4O2S. The van der Waals surface area contributed by atoms with Crippen molar-refractivity contribution in [3.05, 3.63) is 51.4 Å². The normalized spacial score (nSPS) is 14.9. The monoisotopic (exact) mass is 374 g/mol. The van der Waals surface area contributed by atoms with Crippen LogP contribution in [0.2, 0.25) is 4.34 Å². The number of piperazine rings is 1. The van der Waals surface area contributed by atoms with Gasteiger partial charge in [0.05, 0.1) is 26.6 Å². The smallest absolute Gasteiger partial charge is 0.264 e. The Hall–Kier alpha value is -2.38. The molecule has 1 aliphatic heterocycles. The predicted octanol–water partition coefficient (Wildman–Crippen LogP) is 2.88. The summed E-state index contributed by atoms with van der Waals surface area (Å²) in [5.41, 5.74) is 2.30. The summed E-state index contributed by atoms with van der Waals surface area (Å²) in [5.74, 6) is -0.0503. The number of thiophene rings is 1. The van der Waals surface area contributed by atoms with Crippen LogP contribution in [0.15, 0.2) is 36.7 Å². The number of nitrogens with zero attached hydrogens (tertiary/aromatic N) is 3. The van der Waals surface area contributed by atoms with Gasteiger partial charge < -0.3 is 14.8 Å². The molecule has 0 radical (unpaired) electrons. The summed E-state index contributed by atoms with van der Waals surface area (Å²) >= 11 is 7.18. The molecule has 2 aromatic heterocycles. The molecule has 2 amide bonds. The first-order valence-corrected chi connectivity index (χ1v) is 9.08. The Balaban J connectivity index is 1.42. The van der Waals surface area contributed by atoms with Crippen LogP contribution in [0.5, 0.6) is 0 Å². The molecule has 1 aromatic carbocycles. The Labute approximate surface area is 153 Å². The summed E-state index contributed by atoms with van der Waals surface area (Å²) in [6.07, 6.45) is 1.61. The quantitative estimate of drug-likeness (QED) is 0.749. The summed E-state index contributed by atoms with van der Waals surface area (Å²) in [5, 5.41) is 0. The molecule has 25 heavy (non-hydrogen) atoms. The van der Waals surface area contributed by atoms with Gasteiger partial charge in [0.15, 0.2) is 0 Å². The minimum absolute atomic E-state index is 0.0251. The van der Waals surface area contributed by atoms with E-state index in [1.54, 1.807) is 34.3 Å². The molecule has 4 rings (SSSR count). The van der Waals surface area contributed by atoms with E-state index in [1.165, 1.54) is 11.3 Å². The van der Waals surface area contributed by atoms with Crippen molar-refractivity contribution in [2.45, 2.75) is 0 Å². The molecule has 0 unspecified atom stereocenters. The lowest BCUT2D eigenvalue weighted by atomic mass is 10.1. The topological polar surface area (TPSA) is 69.3 Å². The van der Waals surface area contributed by atoms with E-state index in [4.69, 9.17) is 11.6 Å². The van der Waals surface area contributed by atoms with Crippen LogP contribution in [0.4, 0.5) is 0 Å². The molecule has 1 aliphatic rings. The van der Waals surface area contributed by atoms with E-state index in [2.05, 4.69) is 9.97 Å². The number of H-pyrrole nitrogens is 1. The molecule has 1 saturated heterocycles. The zero-order valence-corrected chi connectivity index (χ0v) is 14.8. The van der Waals surface area contributed by atoms with Gasteiger partial charge in [0.1, 0.15) is 0 Å². The number of fused-ring (bicyclic) bond motifs is 1.